The van der Waals surface area contributed by atoms with Crippen molar-refractivity contribution in [3.05, 3.63) is 107 Å². The fourth-order valence-corrected chi connectivity index (χ4v) is 4.32. The largest absolute Gasteiger partial charge is 0.479 e. The van der Waals surface area contributed by atoms with Crippen LogP contribution in [0.5, 0.6) is 0 Å². The summed E-state index contributed by atoms with van der Waals surface area (Å²) in [6.45, 7) is 5.82. The standard InChI is InChI=1S/C29H27N3O4/c1-17-13-18(2)25(19(3)14-17)32-29(36)30-24-16-22-12-8-7-11-21(22)15-23(24)27(33)31-26(28(34)35)20-9-5-4-6-10-20/h4-16,26H,1-3H3,(H,31,33)(H,34,35)(H2,30,32,36). The molecule has 7 nitrogen and oxygen atoms in total. The molecule has 4 N–H and O–H groups in total. The highest BCUT2D eigenvalue weighted by Gasteiger charge is 2.24. The van der Waals surface area contributed by atoms with Crippen LogP contribution in [-0.4, -0.2) is 23.0 Å². The molecule has 0 aromatic heterocycles. The summed E-state index contributed by atoms with van der Waals surface area (Å²) in [5.74, 6) is -1.80. The molecule has 4 rings (SSSR count). The molecule has 0 aliphatic carbocycles. The molecular formula is C29H27N3O4. The van der Waals surface area contributed by atoms with Gasteiger partial charge >= 0.3 is 12.0 Å². The van der Waals surface area contributed by atoms with E-state index in [-0.39, 0.29) is 11.3 Å². The van der Waals surface area contributed by atoms with Crippen LogP contribution in [0.3, 0.4) is 0 Å². The first-order valence-corrected chi connectivity index (χ1v) is 11.5. The first kappa shape index (κ1) is 24.5. The second kappa shape index (κ2) is 10.3. The van der Waals surface area contributed by atoms with Crippen molar-refractivity contribution in [3.8, 4) is 0 Å². The molecule has 0 saturated carbocycles. The number of nitrogens with one attached hydrogen (secondary N) is 3. The van der Waals surface area contributed by atoms with Gasteiger partial charge in [-0.1, -0.05) is 72.3 Å². The molecule has 1 unspecified atom stereocenters. The molecule has 0 aliphatic rings. The normalized spacial score (nSPS) is 11.5. The fraction of sp³-hybridized carbons (Fsp3) is 0.138. The summed E-state index contributed by atoms with van der Waals surface area (Å²) in [5, 5.41) is 19.6. The topological polar surface area (TPSA) is 108 Å². The van der Waals surface area contributed by atoms with Gasteiger partial charge in [0.15, 0.2) is 6.04 Å². The molecule has 0 fully saturated rings. The van der Waals surface area contributed by atoms with Crippen LogP contribution in [0.25, 0.3) is 10.8 Å². The number of aliphatic carboxylic acids is 1. The number of aryl methyl sites for hydroxylation is 3. The molecular weight excluding hydrogens is 454 g/mol. The Morgan fingerprint density at radius 2 is 1.33 bits per heavy atom. The molecule has 0 saturated heterocycles. The van der Waals surface area contributed by atoms with Crippen LogP contribution in [0.1, 0.15) is 38.7 Å². The van der Waals surface area contributed by atoms with Gasteiger partial charge in [-0.15, -0.1) is 0 Å². The number of carboxylic acid groups (broad SMARTS) is 1. The van der Waals surface area contributed by atoms with Gasteiger partial charge in [0, 0.05) is 5.69 Å². The lowest BCUT2D eigenvalue weighted by Crippen LogP contribution is -2.34. The van der Waals surface area contributed by atoms with E-state index >= 15 is 0 Å². The molecule has 1 atom stereocenters. The van der Waals surface area contributed by atoms with E-state index in [2.05, 4.69) is 16.0 Å². The molecule has 0 bridgehead atoms. The van der Waals surface area contributed by atoms with Crippen LogP contribution in [0, 0.1) is 20.8 Å². The maximum atomic E-state index is 13.3. The zero-order valence-electron chi connectivity index (χ0n) is 20.3. The van der Waals surface area contributed by atoms with Crippen molar-refractivity contribution in [2.45, 2.75) is 26.8 Å². The van der Waals surface area contributed by atoms with Crippen molar-refractivity contribution in [2.75, 3.05) is 10.6 Å². The summed E-state index contributed by atoms with van der Waals surface area (Å²) in [7, 11) is 0. The highest BCUT2D eigenvalue weighted by Crippen LogP contribution is 2.27. The summed E-state index contributed by atoms with van der Waals surface area (Å²) in [6.07, 6.45) is 0. The van der Waals surface area contributed by atoms with Crippen molar-refractivity contribution in [1.29, 1.82) is 0 Å². The zero-order chi connectivity index (χ0) is 25.8. The van der Waals surface area contributed by atoms with Crippen molar-refractivity contribution in [3.63, 3.8) is 0 Å². The van der Waals surface area contributed by atoms with Crippen LogP contribution in [0.2, 0.25) is 0 Å². The number of urea groups is 1. The van der Waals surface area contributed by atoms with Crippen molar-refractivity contribution >= 4 is 40.1 Å². The molecule has 0 radical (unpaired) electrons. The third-order valence-electron chi connectivity index (χ3n) is 5.95. The molecule has 4 aromatic rings. The van der Waals surface area contributed by atoms with Crippen LogP contribution >= 0.6 is 0 Å². The predicted octanol–water partition coefficient (Wildman–Crippen LogP) is 5.96. The Balaban J connectivity index is 1.67. The van der Waals surface area contributed by atoms with Gasteiger partial charge in [-0.05, 0) is 60.4 Å². The predicted molar refractivity (Wildman–Crippen MR) is 142 cm³/mol. The number of hydrogen-bond donors (Lipinski definition) is 4. The van der Waals surface area contributed by atoms with E-state index in [1.165, 1.54) is 0 Å². The summed E-state index contributed by atoms with van der Waals surface area (Å²) in [4.78, 5) is 38.3. The average molecular weight is 482 g/mol. The highest BCUT2D eigenvalue weighted by atomic mass is 16.4. The minimum Gasteiger partial charge on any atom is -0.479 e. The third-order valence-corrected chi connectivity index (χ3v) is 5.95. The molecule has 0 aliphatic heterocycles. The second-order valence-corrected chi connectivity index (χ2v) is 8.75. The summed E-state index contributed by atoms with van der Waals surface area (Å²) in [6, 6.07) is 21.4. The molecule has 4 aromatic carbocycles. The van der Waals surface area contributed by atoms with Gasteiger partial charge in [-0.2, -0.15) is 0 Å². The lowest BCUT2D eigenvalue weighted by molar-refractivity contribution is -0.139. The number of carbonyl (C=O) groups is 3. The smallest absolute Gasteiger partial charge is 0.330 e. The first-order valence-electron chi connectivity index (χ1n) is 11.5. The second-order valence-electron chi connectivity index (χ2n) is 8.75. The van der Waals surface area contributed by atoms with Gasteiger partial charge in [0.2, 0.25) is 0 Å². The number of anilines is 2. The molecule has 182 valence electrons. The Hall–Kier alpha value is -4.65. The van der Waals surface area contributed by atoms with Crippen molar-refractivity contribution < 1.29 is 19.5 Å². The van der Waals surface area contributed by atoms with Crippen LogP contribution in [0.4, 0.5) is 16.2 Å². The van der Waals surface area contributed by atoms with E-state index < -0.39 is 23.9 Å². The highest BCUT2D eigenvalue weighted by molar-refractivity contribution is 6.10. The van der Waals surface area contributed by atoms with E-state index in [1.807, 2.05) is 57.2 Å². The molecule has 0 spiro atoms. The van der Waals surface area contributed by atoms with Crippen LogP contribution in [0.15, 0.2) is 78.9 Å². The van der Waals surface area contributed by atoms with Gasteiger partial charge in [0.25, 0.3) is 5.91 Å². The molecule has 7 heteroatoms. The van der Waals surface area contributed by atoms with E-state index in [1.54, 1.807) is 42.5 Å². The number of benzene rings is 4. The van der Waals surface area contributed by atoms with Gasteiger partial charge in [0.1, 0.15) is 0 Å². The van der Waals surface area contributed by atoms with Crippen LogP contribution < -0.4 is 16.0 Å². The molecule has 36 heavy (non-hydrogen) atoms. The van der Waals surface area contributed by atoms with Crippen molar-refractivity contribution in [1.82, 2.24) is 5.32 Å². The number of fused-ring (bicyclic) bond motifs is 1. The van der Waals surface area contributed by atoms with E-state index in [0.29, 0.717) is 11.3 Å². The minimum absolute atomic E-state index is 0.156. The Kier molecular flexibility index (Phi) is 7.01. The molecule has 3 amide bonds. The van der Waals surface area contributed by atoms with Gasteiger partial charge in [-0.3, -0.25) is 4.79 Å². The Morgan fingerprint density at radius 1 is 0.750 bits per heavy atom. The van der Waals surface area contributed by atoms with E-state index in [0.717, 1.165) is 27.5 Å². The minimum atomic E-state index is -1.25. The summed E-state index contributed by atoms with van der Waals surface area (Å²) in [5.41, 5.74) is 4.50. The van der Waals surface area contributed by atoms with E-state index in [4.69, 9.17) is 0 Å². The maximum Gasteiger partial charge on any atom is 0.330 e. The third kappa shape index (κ3) is 5.36. The first-order chi connectivity index (χ1) is 17.2. The number of rotatable bonds is 6. The Labute approximate surface area is 209 Å². The summed E-state index contributed by atoms with van der Waals surface area (Å²) >= 11 is 0. The number of carbonyl (C=O) groups excluding carboxylic acids is 2. The van der Waals surface area contributed by atoms with Gasteiger partial charge < -0.3 is 21.1 Å². The van der Waals surface area contributed by atoms with E-state index in [9.17, 15) is 19.5 Å². The average Bonchev–Trinajstić information content (AvgIpc) is 2.84. The van der Waals surface area contributed by atoms with Crippen molar-refractivity contribution in [2.24, 2.45) is 0 Å². The fourth-order valence-electron chi connectivity index (χ4n) is 4.32. The summed E-state index contributed by atoms with van der Waals surface area (Å²) < 4.78 is 0. The lowest BCUT2D eigenvalue weighted by Gasteiger charge is -2.18. The SMILES string of the molecule is Cc1cc(C)c(NC(=O)Nc2cc3ccccc3cc2C(=O)NC(C(=O)O)c2ccccc2)c(C)c1. The maximum absolute atomic E-state index is 13.3. The van der Waals surface area contributed by atoms with Crippen LogP contribution in [-0.2, 0) is 4.79 Å². The Morgan fingerprint density at radius 3 is 1.94 bits per heavy atom. The number of hydrogen-bond acceptors (Lipinski definition) is 3. The number of amides is 3. The quantitative estimate of drug-likeness (QED) is 0.272. The van der Waals surface area contributed by atoms with Gasteiger partial charge in [-0.25, -0.2) is 9.59 Å². The lowest BCUT2D eigenvalue weighted by atomic mass is 10.0. The monoisotopic (exact) mass is 481 g/mol. The van der Waals surface area contributed by atoms with Gasteiger partial charge in [0.05, 0.1) is 11.3 Å². The zero-order valence-corrected chi connectivity index (χ0v) is 20.3. The number of carboxylic acids is 1. The Bertz CT molecular complexity index is 1440. The molecule has 0 heterocycles.